The predicted molar refractivity (Wildman–Crippen MR) is 111 cm³/mol. The maximum absolute atomic E-state index is 4.65. The van der Waals surface area contributed by atoms with Gasteiger partial charge in [-0.05, 0) is 57.8 Å². The lowest BCUT2D eigenvalue weighted by Gasteiger charge is -2.31. The van der Waals surface area contributed by atoms with Gasteiger partial charge in [-0.2, -0.15) is 5.10 Å². The normalized spacial score (nSPS) is 16.7. The van der Waals surface area contributed by atoms with Gasteiger partial charge in [-0.15, -0.1) is 24.0 Å². The van der Waals surface area contributed by atoms with E-state index >= 15 is 0 Å². The number of hydrogen-bond acceptors (Lipinski definition) is 3. The molecular formula is C17H33IN6. The molecule has 0 bridgehead atoms. The van der Waals surface area contributed by atoms with Gasteiger partial charge < -0.3 is 15.5 Å². The first-order chi connectivity index (χ1) is 11.2. The summed E-state index contributed by atoms with van der Waals surface area (Å²) in [5, 5.41) is 11.0. The highest BCUT2D eigenvalue weighted by Gasteiger charge is 2.17. The van der Waals surface area contributed by atoms with Crippen LogP contribution in [0.5, 0.6) is 0 Å². The van der Waals surface area contributed by atoms with Crippen LogP contribution in [0.2, 0.25) is 0 Å². The lowest BCUT2D eigenvalue weighted by Crippen LogP contribution is -2.39. The number of nitrogens with one attached hydrogen (secondary N) is 2. The molecule has 24 heavy (non-hydrogen) atoms. The summed E-state index contributed by atoms with van der Waals surface area (Å²) < 4.78 is 1.87. The van der Waals surface area contributed by atoms with Crippen molar-refractivity contribution in [3.05, 3.63) is 18.0 Å². The second-order valence-electron chi connectivity index (χ2n) is 6.23. The van der Waals surface area contributed by atoms with Crippen LogP contribution in [0.1, 0.15) is 38.8 Å². The van der Waals surface area contributed by atoms with E-state index in [0.29, 0.717) is 6.54 Å². The van der Waals surface area contributed by atoms with Crippen LogP contribution >= 0.6 is 24.0 Å². The van der Waals surface area contributed by atoms with Crippen molar-refractivity contribution in [3.63, 3.8) is 0 Å². The highest BCUT2D eigenvalue weighted by atomic mass is 127. The minimum Gasteiger partial charge on any atom is -0.357 e. The van der Waals surface area contributed by atoms with Gasteiger partial charge in [0.1, 0.15) is 0 Å². The van der Waals surface area contributed by atoms with E-state index in [2.05, 4.69) is 39.5 Å². The fraction of sp³-hybridized carbons (Fsp3) is 0.765. The quantitative estimate of drug-likeness (QED) is 0.382. The van der Waals surface area contributed by atoms with Crippen molar-refractivity contribution < 1.29 is 0 Å². The molecule has 2 rings (SSSR count). The number of aliphatic imine (C=N–C) groups is 1. The number of nitrogens with zero attached hydrogens (tertiary/aromatic N) is 4. The number of hydrogen-bond donors (Lipinski definition) is 2. The molecule has 0 amide bonds. The zero-order chi connectivity index (χ0) is 16.5. The van der Waals surface area contributed by atoms with Crippen molar-refractivity contribution in [2.45, 2.75) is 39.7 Å². The standard InChI is InChI=1S/C17H32N6.HI/c1-4-18-17(20-14-16-7-11-21-22(16)3)19-10-6-15-8-12-23(5-2)13-9-15;/h7,11,15H,4-6,8-10,12-14H2,1-3H3,(H2,18,19,20);1H. The molecule has 0 unspecified atom stereocenters. The van der Waals surface area contributed by atoms with Crippen molar-refractivity contribution in [2.75, 3.05) is 32.7 Å². The maximum atomic E-state index is 4.65. The highest BCUT2D eigenvalue weighted by Crippen LogP contribution is 2.19. The molecule has 1 aliphatic heterocycles. The molecule has 1 aromatic rings. The van der Waals surface area contributed by atoms with Gasteiger partial charge >= 0.3 is 0 Å². The van der Waals surface area contributed by atoms with E-state index in [1.54, 1.807) is 0 Å². The van der Waals surface area contributed by atoms with Crippen molar-refractivity contribution in [1.82, 2.24) is 25.3 Å². The smallest absolute Gasteiger partial charge is 0.191 e. The zero-order valence-corrected chi connectivity index (χ0v) is 17.6. The van der Waals surface area contributed by atoms with Crippen LogP contribution in [0, 0.1) is 5.92 Å². The van der Waals surface area contributed by atoms with E-state index < -0.39 is 0 Å². The molecule has 2 N–H and O–H groups in total. The van der Waals surface area contributed by atoms with Crippen LogP contribution in [-0.2, 0) is 13.6 Å². The van der Waals surface area contributed by atoms with Gasteiger partial charge in [0.15, 0.2) is 5.96 Å². The number of rotatable bonds is 7. The monoisotopic (exact) mass is 448 g/mol. The molecule has 0 aliphatic carbocycles. The first-order valence-electron chi connectivity index (χ1n) is 8.94. The Hall–Kier alpha value is -0.830. The molecule has 2 heterocycles. The summed E-state index contributed by atoms with van der Waals surface area (Å²) in [6.07, 6.45) is 5.71. The Bertz CT molecular complexity index is 479. The van der Waals surface area contributed by atoms with Gasteiger partial charge in [-0.25, -0.2) is 4.99 Å². The first-order valence-corrected chi connectivity index (χ1v) is 8.94. The van der Waals surface area contributed by atoms with Crippen LogP contribution in [-0.4, -0.2) is 53.4 Å². The molecule has 7 heteroatoms. The largest absolute Gasteiger partial charge is 0.357 e. The third-order valence-corrected chi connectivity index (χ3v) is 4.67. The van der Waals surface area contributed by atoms with Crippen LogP contribution in [0.15, 0.2) is 17.3 Å². The van der Waals surface area contributed by atoms with Gasteiger partial charge in [-0.1, -0.05) is 6.92 Å². The van der Waals surface area contributed by atoms with Gasteiger partial charge in [0, 0.05) is 26.3 Å². The van der Waals surface area contributed by atoms with Gasteiger partial charge in [0.2, 0.25) is 0 Å². The molecule has 1 saturated heterocycles. The number of piperidine rings is 1. The maximum Gasteiger partial charge on any atom is 0.191 e. The van der Waals surface area contributed by atoms with Crippen molar-refractivity contribution in [2.24, 2.45) is 18.0 Å². The third-order valence-electron chi connectivity index (χ3n) is 4.67. The van der Waals surface area contributed by atoms with E-state index in [9.17, 15) is 0 Å². The Labute approximate surface area is 163 Å². The number of likely N-dealkylation sites (tertiary alicyclic amines) is 1. The van der Waals surface area contributed by atoms with E-state index in [1.165, 1.54) is 38.9 Å². The van der Waals surface area contributed by atoms with E-state index in [0.717, 1.165) is 30.7 Å². The zero-order valence-electron chi connectivity index (χ0n) is 15.3. The summed E-state index contributed by atoms with van der Waals surface area (Å²) in [6, 6.07) is 2.01. The summed E-state index contributed by atoms with van der Waals surface area (Å²) in [5.41, 5.74) is 1.12. The minimum atomic E-state index is 0. The summed E-state index contributed by atoms with van der Waals surface area (Å²) in [6.45, 7) is 10.6. The summed E-state index contributed by atoms with van der Waals surface area (Å²) in [4.78, 5) is 7.20. The minimum absolute atomic E-state index is 0. The van der Waals surface area contributed by atoms with Crippen LogP contribution in [0.25, 0.3) is 0 Å². The molecule has 0 spiro atoms. The Kier molecular flexibility index (Phi) is 10.3. The molecule has 0 radical (unpaired) electrons. The summed E-state index contributed by atoms with van der Waals surface area (Å²) in [5.74, 6) is 1.75. The fourth-order valence-electron chi connectivity index (χ4n) is 3.04. The van der Waals surface area contributed by atoms with Crippen molar-refractivity contribution in [3.8, 4) is 0 Å². The van der Waals surface area contributed by atoms with Gasteiger partial charge in [0.05, 0.1) is 12.2 Å². The lowest BCUT2D eigenvalue weighted by atomic mass is 9.93. The molecule has 1 fully saturated rings. The molecular weight excluding hydrogens is 415 g/mol. The Morgan fingerprint density at radius 2 is 2.04 bits per heavy atom. The highest BCUT2D eigenvalue weighted by molar-refractivity contribution is 14.0. The average Bonchev–Trinajstić information content (AvgIpc) is 2.98. The number of guanidine groups is 1. The van der Waals surface area contributed by atoms with Crippen molar-refractivity contribution in [1.29, 1.82) is 0 Å². The second-order valence-corrected chi connectivity index (χ2v) is 6.23. The summed E-state index contributed by atoms with van der Waals surface area (Å²) >= 11 is 0. The number of aromatic nitrogens is 2. The topological polar surface area (TPSA) is 57.5 Å². The van der Waals surface area contributed by atoms with Crippen LogP contribution < -0.4 is 10.6 Å². The van der Waals surface area contributed by atoms with Crippen molar-refractivity contribution >= 4 is 29.9 Å². The fourth-order valence-corrected chi connectivity index (χ4v) is 3.04. The molecule has 0 aromatic carbocycles. The lowest BCUT2D eigenvalue weighted by molar-refractivity contribution is 0.187. The molecule has 0 saturated carbocycles. The van der Waals surface area contributed by atoms with E-state index in [4.69, 9.17) is 0 Å². The third kappa shape index (κ3) is 6.96. The Morgan fingerprint density at radius 3 is 2.62 bits per heavy atom. The van der Waals surface area contributed by atoms with Crippen LogP contribution in [0.4, 0.5) is 0 Å². The SMILES string of the molecule is CCNC(=NCc1ccnn1C)NCCC1CCN(CC)CC1.I. The summed E-state index contributed by atoms with van der Waals surface area (Å²) in [7, 11) is 1.95. The van der Waals surface area contributed by atoms with Crippen LogP contribution in [0.3, 0.4) is 0 Å². The molecule has 1 aliphatic rings. The number of halogens is 1. The predicted octanol–water partition coefficient (Wildman–Crippen LogP) is 2.22. The second kappa shape index (κ2) is 11.7. The van der Waals surface area contributed by atoms with Gasteiger partial charge in [0.25, 0.3) is 0 Å². The molecule has 0 atom stereocenters. The Balaban J connectivity index is 0.00000288. The molecule has 1 aromatic heterocycles. The van der Waals surface area contributed by atoms with E-state index in [-0.39, 0.29) is 24.0 Å². The molecule has 6 nitrogen and oxygen atoms in total. The average molecular weight is 448 g/mol. The van der Waals surface area contributed by atoms with E-state index in [1.807, 2.05) is 24.0 Å². The van der Waals surface area contributed by atoms with Gasteiger partial charge in [-0.3, -0.25) is 4.68 Å². The Morgan fingerprint density at radius 1 is 1.29 bits per heavy atom. The first kappa shape index (κ1) is 21.2. The number of aryl methyl sites for hydroxylation is 1. The molecule has 138 valence electrons.